The molecular formula is C11H17N3O2S2. The van der Waals surface area contributed by atoms with Crippen LogP contribution in [0.5, 0.6) is 0 Å². The quantitative estimate of drug-likeness (QED) is 0.891. The summed E-state index contributed by atoms with van der Waals surface area (Å²) < 4.78 is 28.9. The van der Waals surface area contributed by atoms with E-state index in [2.05, 4.69) is 9.27 Å². The Bertz CT molecular complexity index is 559. The van der Waals surface area contributed by atoms with Crippen LogP contribution in [0.2, 0.25) is 0 Å². The topological polar surface area (TPSA) is 76.3 Å². The van der Waals surface area contributed by atoms with Gasteiger partial charge >= 0.3 is 0 Å². The lowest BCUT2D eigenvalue weighted by Gasteiger charge is -2.21. The number of rotatable bonds is 5. The average molecular weight is 287 g/mol. The molecule has 0 aliphatic heterocycles. The smallest absolute Gasteiger partial charge is 0.187 e. The van der Waals surface area contributed by atoms with E-state index in [4.69, 9.17) is 5.73 Å². The van der Waals surface area contributed by atoms with E-state index >= 15 is 0 Å². The molecule has 2 fully saturated rings. The Morgan fingerprint density at radius 2 is 2.06 bits per heavy atom. The number of anilines is 2. The molecule has 5 nitrogen and oxygen atoms in total. The van der Waals surface area contributed by atoms with Crippen LogP contribution in [-0.2, 0) is 9.84 Å². The zero-order valence-electron chi connectivity index (χ0n) is 10.3. The van der Waals surface area contributed by atoms with E-state index in [-0.39, 0.29) is 11.1 Å². The zero-order valence-corrected chi connectivity index (χ0v) is 11.9. The average Bonchev–Trinajstić information content (AvgIpc) is 3.18. The van der Waals surface area contributed by atoms with Crippen LogP contribution in [0.15, 0.2) is 4.90 Å². The number of nitrogens with zero attached hydrogens (tertiary/aromatic N) is 2. The second-order valence-electron chi connectivity index (χ2n) is 4.96. The molecule has 7 heteroatoms. The molecule has 0 unspecified atom stereocenters. The fourth-order valence-corrected chi connectivity index (χ4v) is 5.39. The van der Waals surface area contributed by atoms with Gasteiger partial charge in [-0.25, -0.2) is 8.42 Å². The molecule has 2 aliphatic rings. The number of hydrogen-bond donors (Lipinski definition) is 1. The lowest BCUT2D eigenvalue weighted by molar-refractivity contribution is 0.595. The summed E-state index contributed by atoms with van der Waals surface area (Å²) >= 11 is 1.22. The van der Waals surface area contributed by atoms with E-state index < -0.39 is 9.84 Å². The van der Waals surface area contributed by atoms with Crippen LogP contribution in [0, 0.1) is 0 Å². The van der Waals surface area contributed by atoms with Crippen molar-refractivity contribution in [2.24, 2.45) is 0 Å². The Hall–Kier alpha value is -0.820. The van der Waals surface area contributed by atoms with Gasteiger partial charge in [-0.05, 0) is 44.1 Å². The second-order valence-corrected chi connectivity index (χ2v) is 7.88. The largest absolute Gasteiger partial charge is 0.382 e. The number of sulfone groups is 1. The van der Waals surface area contributed by atoms with E-state index in [1.807, 2.05) is 6.92 Å². The molecule has 100 valence electrons. The van der Waals surface area contributed by atoms with Gasteiger partial charge < -0.3 is 10.6 Å². The number of nitrogens with two attached hydrogens (primary N) is 1. The summed E-state index contributed by atoms with van der Waals surface area (Å²) in [7, 11) is -3.26. The SMILES string of the molecule is CCN(c1snc(N)c1S(=O)(=O)C1CC1)C1CC1. The molecule has 1 aromatic rings. The van der Waals surface area contributed by atoms with Crippen LogP contribution in [0.25, 0.3) is 0 Å². The van der Waals surface area contributed by atoms with Crippen molar-refractivity contribution in [3.8, 4) is 0 Å². The molecular weight excluding hydrogens is 270 g/mol. The first-order valence-corrected chi connectivity index (χ1v) is 8.63. The molecule has 0 saturated heterocycles. The van der Waals surface area contributed by atoms with E-state index in [1.165, 1.54) is 11.5 Å². The highest BCUT2D eigenvalue weighted by atomic mass is 32.2. The molecule has 2 N–H and O–H groups in total. The van der Waals surface area contributed by atoms with Crippen LogP contribution >= 0.6 is 11.5 Å². The molecule has 2 aliphatic carbocycles. The minimum absolute atomic E-state index is 0.181. The number of nitrogen functional groups attached to an aromatic ring is 1. The van der Waals surface area contributed by atoms with Gasteiger partial charge in [0.15, 0.2) is 15.7 Å². The van der Waals surface area contributed by atoms with Gasteiger partial charge in [0.25, 0.3) is 0 Å². The molecule has 3 rings (SSSR count). The van der Waals surface area contributed by atoms with Gasteiger partial charge in [0.1, 0.15) is 9.90 Å². The molecule has 0 atom stereocenters. The minimum Gasteiger partial charge on any atom is -0.382 e. The first-order valence-electron chi connectivity index (χ1n) is 6.31. The molecule has 0 bridgehead atoms. The Labute approximate surface area is 111 Å². The van der Waals surface area contributed by atoms with Crippen molar-refractivity contribution in [2.45, 2.75) is 48.8 Å². The molecule has 0 spiro atoms. The van der Waals surface area contributed by atoms with E-state index in [1.54, 1.807) is 0 Å². The maximum absolute atomic E-state index is 12.4. The lowest BCUT2D eigenvalue weighted by Crippen LogP contribution is -2.26. The van der Waals surface area contributed by atoms with Crippen molar-refractivity contribution < 1.29 is 8.42 Å². The van der Waals surface area contributed by atoms with E-state index in [0.29, 0.717) is 10.9 Å². The third-order valence-corrected chi connectivity index (χ3v) is 6.84. The highest BCUT2D eigenvalue weighted by Gasteiger charge is 2.43. The van der Waals surface area contributed by atoms with Crippen molar-refractivity contribution in [2.75, 3.05) is 17.2 Å². The zero-order chi connectivity index (χ0) is 12.9. The summed E-state index contributed by atoms with van der Waals surface area (Å²) in [4.78, 5) is 2.44. The highest BCUT2D eigenvalue weighted by Crippen LogP contribution is 2.45. The molecule has 0 amide bonds. The Morgan fingerprint density at radius 3 is 2.56 bits per heavy atom. The predicted octanol–water partition coefficient (Wildman–Crippen LogP) is 1.65. The molecule has 0 radical (unpaired) electrons. The first kappa shape index (κ1) is 12.2. The van der Waals surface area contributed by atoms with Crippen LogP contribution in [0.3, 0.4) is 0 Å². The Balaban J connectivity index is 2.05. The summed E-state index contributed by atoms with van der Waals surface area (Å²) in [5, 5.41) is 0.525. The van der Waals surface area contributed by atoms with Crippen LogP contribution in [-0.4, -0.2) is 30.6 Å². The number of aromatic nitrogens is 1. The molecule has 18 heavy (non-hydrogen) atoms. The fourth-order valence-electron chi connectivity index (χ4n) is 2.23. The van der Waals surface area contributed by atoms with Gasteiger partial charge in [0, 0.05) is 12.6 Å². The highest BCUT2D eigenvalue weighted by molar-refractivity contribution is 7.92. The van der Waals surface area contributed by atoms with Crippen molar-refractivity contribution in [3.05, 3.63) is 0 Å². The second kappa shape index (κ2) is 4.09. The third kappa shape index (κ3) is 1.89. The van der Waals surface area contributed by atoms with Crippen molar-refractivity contribution in [3.63, 3.8) is 0 Å². The van der Waals surface area contributed by atoms with Crippen LogP contribution < -0.4 is 10.6 Å². The summed E-state index contributed by atoms with van der Waals surface area (Å²) in [6, 6.07) is 0.475. The first-order chi connectivity index (χ1) is 8.55. The van der Waals surface area contributed by atoms with E-state index in [0.717, 1.165) is 37.2 Å². The maximum atomic E-state index is 12.4. The van der Waals surface area contributed by atoms with Gasteiger partial charge in [-0.2, -0.15) is 4.37 Å². The predicted molar refractivity (Wildman–Crippen MR) is 72.8 cm³/mol. The van der Waals surface area contributed by atoms with Crippen molar-refractivity contribution >= 4 is 32.2 Å². The monoisotopic (exact) mass is 287 g/mol. The lowest BCUT2D eigenvalue weighted by atomic mass is 10.4. The Kier molecular flexibility index (Phi) is 2.78. The molecule has 1 heterocycles. The van der Waals surface area contributed by atoms with E-state index in [9.17, 15) is 8.42 Å². The van der Waals surface area contributed by atoms with Crippen molar-refractivity contribution in [1.29, 1.82) is 0 Å². The van der Waals surface area contributed by atoms with Crippen LogP contribution in [0.1, 0.15) is 32.6 Å². The summed E-state index contributed by atoms with van der Waals surface area (Å²) in [6.07, 6.45) is 3.78. The van der Waals surface area contributed by atoms with Gasteiger partial charge in [-0.15, -0.1) is 0 Å². The summed E-state index contributed by atoms with van der Waals surface area (Å²) in [5.41, 5.74) is 5.80. The Morgan fingerprint density at radius 1 is 1.39 bits per heavy atom. The van der Waals surface area contributed by atoms with Gasteiger partial charge in [-0.3, -0.25) is 0 Å². The normalized spacial score (nSPS) is 20.1. The minimum atomic E-state index is -3.26. The van der Waals surface area contributed by atoms with Crippen LogP contribution in [0.4, 0.5) is 10.8 Å². The van der Waals surface area contributed by atoms with Crippen molar-refractivity contribution in [1.82, 2.24) is 4.37 Å². The maximum Gasteiger partial charge on any atom is 0.187 e. The molecule has 0 aromatic carbocycles. The summed E-state index contributed by atoms with van der Waals surface area (Å²) in [6.45, 7) is 2.85. The third-order valence-electron chi connectivity index (χ3n) is 3.49. The molecule has 2 saturated carbocycles. The van der Waals surface area contributed by atoms with Gasteiger partial charge in [0.05, 0.1) is 5.25 Å². The number of hydrogen-bond acceptors (Lipinski definition) is 6. The van der Waals surface area contributed by atoms with Gasteiger partial charge in [0.2, 0.25) is 0 Å². The molecule has 1 aromatic heterocycles. The standard InChI is InChI=1S/C11H17N3O2S2/c1-2-14(7-3-4-7)11-9(10(12)13-17-11)18(15,16)8-5-6-8/h7-8H,2-6H2,1H3,(H2,12,13). The summed E-state index contributed by atoms with van der Waals surface area (Å²) in [5.74, 6) is 0.181. The fraction of sp³-hybridized carbons (Fsp3) is 0.727. The van der Waals surface area contributed by atoms with Gasteiger partial charge in [-0.1, -0.05) is 0 Å².